The lowest BCUT2D eigenvalue weighted by Gasteiger charge is -2.33. The van der Waals surface area contributed by atoms with E-state index in [2.05, 4.69) is 20.8 Å². The van der Waals surface area contributed by atoms with Gasteiger partial charge in [0.1, 0.15) is 4.33 Å². The largest absolute Gasteiger partial charge is 0.144 e. The summed E-state index contributed by atoms with van der Waals surface area (Å²) in [5.74, 6) is 0. The molecule has 1 unspecified atom stereocenters. The third kappa shape index (κ3) is 4.20. The van der Waals surface area contributed by atoms with E-state index in [1.807, 2.05) is 12.1 Å². The molecular formula is C14H18Cl4. The summed E-state index contributed by atoms with van der Waals surface area (Å²) >= 11 is 25.1. The molecule has 1 atom stereocenters. The van der Waals surface area contributed by atoms with Crippen molar-refractivity contribution >= 4 is 46.4 Å². The molecule has 0 aliphatic rings. The van der Waals surface area contributed by atoms with Crippen molar-refractivity contribution < 1.29 is 0 Å². The summed E-state index contributed by atoms with van der Waals surface area (Å²) in [4.78, 5) is 0. The molecule has 0 aromatic heterocycles. The number of hydrogen-bond acceptors (Lipinski definition) is 0. The highest BCUT2D eigenvalue weighted by atomic mass is 35.5. The van der Waals surface area contributed by atoms with Gasteiger partial charge in [-0.1, -0.05) is 67.7 Å². The van der Waals surface area contributed by atoms with Crippen molar-refractivity contribution in [2.45, 2.75) is 43.3 Å². The van der Waals surface area contributed by atoms with Crippen molar-refractivity contribution in [2.75, 3.05) is 0 Å². The van der Waals surface area contributed by atoms with Crippen LogP contribution in [0, 0.1) is 5.41 Å². The molecule has 0 heterocycles. The molecule has 0 amide bonds. The van der Waals surface area contributed by atoms with Crippen LogP contribution in [-0.2, 0) is 4.33 Å². The van der Waals surface area contributed by atoms with Gasteiger partial charge in [0.15, 0.2) is 0 Å². The molecule has 0 aliphatic heterocycles. The molecule has 0 bridgehead atoms. The molecule has 0 aliphatic carbocycles. The fraction of sp³-hybridized carbons (Fsp3) is 0.571. The zero-order chi connectivity index (χ0) is 14.0. The van der Waals surface area contributed by atoms with Gasteiger partial charge in [-0.2, -0.15) is 0 Å². The Kier molecular flexibility index (Phi) is 5.68. The molecule has 0 saturated heterocycles. The topological polar surface area (TPSA) is 0 Å². The van der Waals surface area contributed by atoms with Crippen molar-refractivity contribution in [1.82, 2.24) is 0 Å². The minimum Gasteiger partial charge on any atom is -0.122 e. The molecule has 1 aromatic rings. The third-order valence-electron chi connectivity index (χ3n) is 3.46. The first-order valence-corrected chi connectivity index (χ1v) is 7.54. The predicted molar refractivity (Wildman–Crippen MR) is 83.2 cm³/mol. The van der Waals surface area contributed by atoms with Gasteiger partial charge >= 0.3 is 0 Å². The minimum absolute atomic E-state index is 0.00299. The van der Waals surface area contributed by atoms with Crippen LogP contribution in [0.1, 0.15) is 39.2 Å². The van der Waals surface area contributed by atoms with Gasteiger partial charge in [-0.15, -0.1) is 11.6 Å². The summed E-state index contributed by atoms with van der Waals surface area (Å²) in [6.07, 6.45) is 1.48. The van der Waals surface area contributed by atoms with E-state index in [0.29, 0.717) is 11.4 Å². The molecule has 0 radical (unpaired) electrons. The van der Waals surface area contributed by atoms with Crippen molar-refractivity contribution in [3.05, 3.63) is 34.9 Å². The molecule has 0 spiro atoms. The lowest BCUT2D eigenvalue weighted by molar-refractivity contribution is 0.314. The third-order valence-corrected chi connectivity index (χ3v) is 5.20. The summed E-state index contributed by atoms with van der Waals surface area (Å²) < 4.78 is -0.983. The molecule has 102 valence electrons. The summed E-state index contributed by atoms with van der Waals surface area (Å²) in [5, 5.41) is 0.576. The van der Waals surface area contributed by atoms with Crippen molar-refractivity contribution in [3.8, 4) is 0 Å². The van der Waals surface area contributed by atoms with Crippen molar-refractivity contribution in [2.24, 2.45) is 5.41 Å². The van der Waals surface area contributed by atoms with E-state index >= 15 is 0 Å². The number of hydrogen-bond donors (Lipinski definition) is 0. The lowest BCUT2D eigenvalue weighted by Crippen LogP contribution is -2.29. The van der Waals surface area contributed by atoms with Gasteiger partial charge in [0.25, 0.3) is 0 Å². The average Bonchev–Trinajstić information content (AvgIpc) is 2.29. The van der Waals surface area contributed by atoms with E-state index in [4.69, 9.17) is 46.4 Å². The molecule has 4 heteroatoms. The first-order chi connectivity index (χ1) is 8.19. The second-order valence-electron chi connectivity index (χ2n) is 5.23. The smallest absolute Gasteiger partial charge is 0.122 e. The SMILES string of the molecule is CCC(C)(C)C(Cl)CC(Cl)(Cl)c1ccc(Cl)cc1. The molecular weight excluding hydrogens is 310 g/mol. The molecule has 0 fully saturated rings. The van der Waals surface area contributed by atoms with Crippen LogP contribution in [-0.4, -0.2) is 5.38 Å². The summed E-state index contributed by atoms with van der Waals surface area (Å²) in [6.45, 7) is 6.36. The fourth-order valence-corrected chi connectivity index (χ4v) is 2.76. The van der Waals surface area contributed by atoms with Crippen LogP contribution in [0.5, 0.6) is 0 Å². The molecule has 18 heavy (non-hydrogen) atoms. The maximum Gasteiger partial charge on any atom is 0.144 e. The normalized spacial score (nSPS) is 14.6. The highest BCUT2D eigenvalue weighted by Crippen LogP contribution is 2.44. The Hall–Kier alpha value is 0.380. The Morgan fingerprint density at radius 3 is 2.06 bits per heavy atom. The molecule has 0 saturated carbocycles. The van der Waals surface area contributed by atoms with E-state index in [1.165, 1.54) is 0 Å². The molecule has 0 nitrogen and oxygen atoms in total. The number of benzene rings is 1. The van der Waals surface area contributed by atoms with Gasteiger partial charge in [-0.05, 0) is 29.5 Å². The van der Waals surface area contributed by atoms with Crippen LogP contribution >= 0.6 is 46.4 Å². The molecule has 1 aromatic carbocycles. The Labute approximate surface area is 130 Å². The van der Waals surface area contributed by atoms with Gasteiger partial charge in [0.05, 0.1) is 0 Å². The first kappa shape index (κ1) is 16.4. The summed E-state index contributed by atoms with van der Waals surface area (Å²) in [6, 6.07) is 7.24. The zero-order valence-corrected chi connectivity index (χ0v) is 13.8. The molecule has 1 rings (SSSR count). The van der Waals surface area contributed by atoms with E-state index in [0.717, 1.165) is 12.0 Å². The Bertz CT molecular complexity index is 381. The van der Waals surface area contributed by atoms with Gasteiger partial charge in [-0.25, -0.2) is 0 Å². The monoisotopic (exact) mass is 326 g/mol. The Morgan fingerprint density at radius 2 is 1.61 bits per heavy atom. The zero-order valence-electron chi connectivity index (χ0n) is 10.8. The maximum absolute atomic E-state index is 6.44. The van der Waals surface area contributed by atoms with Gasteiger partial charge in [-0.3, -0.25) is 0 Å². The highest BCUT2D eigenvalue weighted by Gasteiger charge is 2.35. The maximum atomic E-state index is 6.44. The predicted octanol–water partition coefficient (Wildman–Crippen LogP) is 6.40. The second kappa shape index (κ2) is 6.22. The first-order valence-electron chi connectivity index (χ1n) is 5.97. The van der Waals surface area contributed by atoms with Crippen LogP contribution in [0.2, 0.25) is 5.02 Å². The average molecular weight is 328 g/mol. The van der Waals surface area contributed by atoms with Crippen LogP contribution < -0.4 is 0 Å². The van der Waals surface area contributed by atoms with Gasteiger partial charge in [0, 0.05) is 16.8 Å². The number of rotatable bonds is 5. The second-order valence-corrected chi connectivity index (χ2v) is 7.67. The van der Waals surface area contributed by atoms with Crippen LogP contribution in [0.3, 0.4) is 0 Å². The number of alkyl halides is 3. The quantitative estimate of drug-likeness (QED) is 0.548. The Balaban J connectivity index is 2.84. The van der Waals surface area contributed by atoms with E-state index in [-0.39, 0.29) is 10.8 Å². The van der Waals surface area contributed by atoms with Crippen LogP contribution in [0.25, 0.3) is 0 Å². The van der Waals surface area contributed by atoms with Crippen LogP contribution in [0.15, 0.2) is 24.3 Å². The van der Waals surface area contributed by atoms with Gasteiger partial charge in [0.2, 0.25) is 0 Å². The molecule has 0 N–H and O–H groups in total. The van der Waals surface area contributed by atoms with Crippen LogP contribution in [0.4, 0.5) is 0 Å². The van der Waals surface area contributed by atoms with Crippen molar-refractivity contribution in [3.63, 3.8) is 0 Å². The standard InChI is InChI=1S/C14H18Cl4/c1-4-13(2,3)12(16)9-14(17,18)10-5-7-11(15)8-6-10/h5-8,12H,4,9H2,1-3H3. The lowest BCUT2D eigenvalue weighted by atomic mass is 9.83. The van der Waals surface area contributed by atoms with Crippen molar-refractivity contribution in [1.29, 1.82) is 0 Å². The highest BCUT2D eigenvalue weighted by molar-refractivity contribution is 6.48. The van der Waals surface area contributed by atoms with E-state index < -0.39 is 4.33 Å². The summed E-state index contributed by atoms with van der Waals surface area (Å²) in [5.41, 5.74) is 0.830. The number of halogens is 4. The van der Waals surface area contributed by atoms with Gasteiger partial charge < -0.3 is 0 Å². The minimum atomic E-state index is -0.983. The summed E-state index contributed by atoms with van der Waals surface area (Å²) in [7, 11) is 0. The van der Waals surface area contributed by atoms with E-state index in [9.17, 15) is 0 Å². The Morgan fingerprint density at radius 1 is 1.11 bits per heavy atom. The fourth-order valence-electron chi connectivity index (χ4n) is 1.53. The van der Waals surface area contributed by atoms with E-state index in [1.54, 1.807) is 12.1 Å².